The Labute approximate surface area is 130 Å². The van der Waals surface area contributed by atoms with Crippen LogP contribution in [0.3, 0.4) is 0 Å². The summed E-state index contributed by atoms with van der Waals surface area (Å²) < 4.78 is 0. The predicted molar refractivity (Wildman–Crippen MR) is 82.4 cm³/mol. The van der Waals surface area contributed by atoms with E-state index in [0.717, 1.165) is 18.8 Å². The number of pyridine rings is 1. The molecule has 0 unspecified atom stereocenters. The molecule has 0 saturated heterocycles. The number of carbonyl (C=O) groups is 1. The van der Waals surface area contributed by atoms with E-state index < -0.39 is 0 Å². The molecule has 1 aromatic rings. The van der Waals surface area contributed by atoms with Crippen LogP contribution in [-0.4, -0.2) is 28.9 Å². The van der Waals surface area contributed by atoms with Crippen LogP contribution < -0.4 is 0 Å². The van der Waals surface area contributed by atoms with Crippen LogP contribution in [0.1, 0.15) is 49.4 Å². The minimum atomic E-state index is -0.0315. The third-order valence-corrected chi connectivity index (χ3v) is 4.99. The molecule has 1 aliphatic rings. The molecule has 1 heterocycles. The zero-order valence-corrected chi connectivity index (χ0v) is 13.4. The van der Waals surface area contributed by atoms with Crippen LogP contribution >= 0.6 is 23.2 Å². The maximum atomic E-state index is 12.4. The van der Waals surface area contributed by atoms with Crippen molar-refractivity contribution < 1.29 is 4.79 Å². The van der Waals surface area contributed by atoms with Gasteiger partial charge in [0.05, 0.1) is 10.6 Å². The quantitative estimate of drug-likeness (QED) is 0.773. The van der Waals surface area contributed by atoms with E-state index in [-0.39, 0.29) is 11.1 Å². The first-order valence-electron chi connectivity index (χ1n) is 7.11. The van der Waals surface area contributed by atoms with E-state index in [1.165, 1.54) is 25.5 Å². The van der Waals surface area contributed by atoms with Gasteiger partial charge in [-0.05, 0) is 37.7 Å². The monoisotopic (exact) mass is 314 g/mol. The van der Waals surface area contributed by atoms with Crippen molar-refractivity contribution >= 4 is 29.1 Å². The van der Waals surface area contributed by atoms with Gasteiger partial charge in [-0.3, -0.25) is 4.79 Å². The van der Waals surface area contributed by atoms with Crippen molar-refractivity contribution in [3.8, 4) is 0 Å². The zero-order chi connectivity index (χ0) is 14.7. The number of carbonyl (C=O) groups excluding carboxylic acids is 1. The maximum Gasteiger partial charge on any atom is 0.255 e. The van der Waals surface area contributed by atoms with Crippen molar-refractivity contribution in [1.29, 1.82) is 0 Å². The SMILES string of the molecule is CCC1CCC(N(C)C(=O)c2cnc(Cl)c(Cl)c2)CC1. The molecule has 1 amide bonds. The number of hydrogen-bond acceptors (Lipinski definition) is 2. The third-order valence-electron chi connectivity index (χ3n) is 4.30. The summed E-state index contributed by atoms with van der Waals surface area (Å²) in [6, 6.07) is 1.91. The molecular formula is C15H20Cl2N2O. The maximum absolute atomic E-state index is 12.4. The molecule has 0 aliphatic heterocycles. The summed E-state index contributed by atoms with van der Waals surface area (Å²) >= 11 is 11.7. The van der Waals surface area contributed by atoms with Gasteiger partial charge in [0.2, 0.25) is 0 Å². The van der Waals surface area contributed by atoms with Gasteiger partial charge in [0.15, 0.2) is 0 Å². The largest absolute Gasteiger partial charge is 0.339 e. The fourth-order valence-electron chi connectivity index (χ4n) is 2.85. The molecule has 2 rings (SSSR count). The highest BCUT2D eigenvalue weighted by atomic mass is 35.5. The van der Waals surface area contributed by atoms with Crippen molar-refractivity contribution in [3.05, 3.63) is 28.0 Å². The van der Waals surface area contributed by atoms with Crippen LogP contribution in [-0.2, 0) is 0 Å². The minimum Gasteiger partial charge on any atom is -0.339 e. The standard InChI is InChI=1S/C15H20Cl2N2O/c1-3-10-4-6-12(7-5-10)19(2)15(20)11-8-13(16)14(17)18-9-11/h8-10,12H,3-7H2,1-2H3. The van der Waals surface area contributed by atoms with Gasteiger partial charge >= 0.3 is 0 Å². The van der Waals surface area contributed by atoms with E-state index in [1.54, 1.807) is 6.07 Å². The molecule has 1 aliphatic carbocycles. The second kappa shape index (κ2) is 6.77. The van der Waals surface area contributed by atoms with Gasteiger partial charge in [-0.1, -0.05) is 36.5 Å². The van der Waals surface area contributed by atoms with Crippen molar-refractivity contribution in [2.24, 2.45) is 5.92 Å². The lowest BCUT2D eigenvalue weighted by Crippen LogP contribution is -2.39. The summed E-state index contributed by atoms with van der Waals surface area (Å²) in [5.74, 6) is 0.789. The van der Waals surface area contributed by atoms with E-state index in [9.17, 15) is 4.79 Å². The molecular weight excluding hydrogens is 295 g/mol. The first-order chi connectivity index (χ1) is 9.52. The molecule has 1 aromatic heterocycles. The molecule has 20 heavy (non-hydrogen) atoms. The Balaban J connectivity index is 2.03. The number of nitrogens with zero attached hydrogens (tertiary/aromatic N) is 2. The molecule has 0 radical (unpaired) electrons. The third kappa shape index (κ3) is 3.44. The van der Waals surface area contributed by atoms with Crippen LogP contribution in [0.15, 0.2) is 12.3 Å². The van der Waals surface area contributed by atoms with Crippen LogP contribution in [0.4, 0.5) is 0 Å². The van der Waals surface area contributed by atoms with E-state index >= 15 is 0 Å². The fraction of sp³-hybridized carbons (Fsp3) is 0.600. The second-order valence-corrected chi connectivity index (χ2v) is 6.26. The number of hydrogen-bond donors (Lipinski definition) is 0. The zero-order valence-electron chi connectivity index (χ0n) is 11.9. The molecule has 0 spiro atoms. The molecule has 1 saturated carbocycles. The predicted octanol–water partition coefficient (Wildman–Crippen LogP) is 4.43. The fourth-order valence-corrected chi connectivity index (χ4v) is 3.12. The van der Waals surface area contributed by atoms with E-state index in [1.807, 2.05) is 11.9 Å². The molecule has 3 nitrogen and oxygen atoms in total. The molecule has 0 aromatic carbocycles. The Kier molecular flexibility index (Phi) is 5.28. The Bertz CT molecular complexity index is 485. The Morgan fingerprint density at radius 1 is 1.35 bits per heavy atom. The van der Waals surface area contributed by atoms with Gasteiger partial charge in [0, 0.05) is 19.3 Å². The lowest BCUT2D eigenvalue weighted by atomic mass is 9.84. The number of rotatable bonds is 3. The highest BCUT2D eigenvalue weighted by molar-refractivity contribution is 6.41. The number of aromatic nitrogens is 1. The Hall–Kier alpha value is -0.800. The Morgan fingerprint density at radius 3 is 2.55 bits per heavy atom. The molecule has 0 atom stereocenters. The molecule has 0 N–H and O–H groups in total. The Morgan fingerprint density at radius 2 is 2.00 bits per heavy atom. The van der Waals surface area contributed by atoms with Crippen LogP contribution in [0.25, 0.3) is 0 Å². The normalized spacial score (nSPS) is 22.6. The molecule has 110 valence electrons. The number of halogens is 2. The van der Waals surface area contributed by atoms with Crippen LogP contribution in [0.2, 0.25) is 10.2 Å². The first kappa shape index (κ1) is 15.6. The summed E-state index contributed by atoms with van der Waals surface area (Å²) in [6.07, 6.45) is 7.30. The van der Waals surface area contributed by atoms with E-state index in [2.05, 4.69) is 11.9 Å². The highest BCUT2D eigenvalue weighted by Crippen LogP contribution is 2.30. The van der Waals surface area contributed by atoms with Gasteiger partial charge in [-0.25, -0.2) is 4.98 Å². The minimum absolute atomic E-state index is 0.0315. The van der Waals surface area contributed by atoms with Crippen molar-refractivity contribution in [2.75, 3.05) is 7.05 Å². The van der Waals surface area contributed by atoms with Crippen molar-refractivity contribution in [1.82, 2.24) is 9.88 Å². The molecule has 1 fully saturated rings. The van der Waals surface area contributed by atoms with Gasteiger partial charge in [-0.2, -0.15) is 0 Å². The van der Waals surface area contributed by atoms with Gasteiger partial charge in [0.1, 0.15) is 5.15 Å². The second-order valence-electron chi connectivity index (χ2n) is 5.50. The van der Waals surface area contributed by atoms with E-state index in [4.69, 9.17) is 23.2 Å². The first-order valence-corrected chi connectivity index (χ1v) is 7.86. The summed E-state index contributed by atoms with van der Waals surface area (Å²) in [5.41, 5.74) is 0.500. The van der Waals surface area contributed by atoms with Gasteiger partial charge in [-0.15, -0.1) is 0 Å². The average Bonchev–Trinajstić information content (AvgIpc) is 2.48. The summed E-state index contributed by atoms with van der Waals surface area (Å²) in [4.78, 5) is 18.2. The smallest absolute Gasteiger partial charge is 0.255 e. The van der Waals surface area contributed by atoms with Crippen molar-refractivity contribution in [3.63, 3.8) is 0 Å². The van der Waals surface area contributed by atoms with Gasteiger partial charge in [0.25, 0.3) is 5.91 Å². The molecule has 5 heteroatoms. The topological polar surface area (TPSA) is 33.2 Å². The summed E-state index contributed by atoms with van der Waals surface area (Å²) in [7, 11) is 1.86. The number of amides is 1. The van der Waals surface area contributed by atoms with Crippen LogP contribution in [0.5, 0.6) is 0 Å². The van der Waals surface area contributed by atoms with Crippen LogP contribution in [0, 0.1) is 5.92 Å². The lowest BCUT2D eigenvalue weighted by molar-refractivity contribution is 0.0674. The highest BCUT2D eigenvalue weighted by Gasteiger charge is 2.26. The van der Waals surface area contributed by atoms with E-state index in [0.29, 0.717) is 16.6 Å². The summed E-state index contributed by atoms with van der Waals surface area (Å²) in [6.45, 7) is 2.24. The molecule has 0 bridgehead atoms. The lowest BCUT2D eigenvalue weighted by Gasteiger charge is -2.34. The average molecular weight is 315 g/mol. The van der Waals surface area contributed by atoms with Gasteiger partial charge < -0.3 is 4.90 Å². The summed E-state index contributed by atoms with van der Waals surface area (Å²) in [5, 5.41) is 0.551. The van der Waals surface area contributed by atoms with Crippen molar-refractivity contribution in [2.45, 2.75) is 45.1 Å².